The fourth-order valence-electron chi connectivity index (χ4n) is 1.63. The summed E-state index contributed by atoms with van der Waals surface area (Å²) in [7, 11) is 7.91. The summed E-state index contributed by atoms with van der Waals surface area (Å²) in [5, 5.41) is 2.94. The van der Waals surface area contributed by atoms with Gasteiger partial charge in [0.25, 0.3) is 0 Å². The number of carbonyl (C=O) groups is 1. The molecule has 1 aromatic rings. The highest BCUT2D eigenvalue weighted by Crippen LogP contribution is 2.21. The highest BCUT2D eigenvalue weighted by Gasteiger charge is 2.03. The molecule has 0 fully saturated rings. The minimum atomic E-state index is 0.0424. The van der Waals surface area contributed by atoms with Crippen LogP contribution in [0.4, 0.5) is 5.69 Å². The molecule has 0 unspecified atom stereocenters. The largest absolute Gasteiger partial charge is 0.356 e. The maximum absolute atomic E-state index is 11.8. The second-order valence-electron chi connectivity index (χ2n) is 5.11. The standard InChI is InChI=1S/C16H23N3OS2/c1-17-15-7-5-14(6-8-15)13-16(20)18-9-4-11-21-22-12-10-19(2)3/h5-8H,4,9-13H2,2-3H3,(H,18,20). The van der Waals surface area contributed by atoms with Gasteiger partial charge in [-0.15, -0.1) is 0 Å². The fraction of sp³-hybridized carbons (Fsp3) is 0.500. The molecule has 0 bridgehead atoms. The second-order valence-corrected chi connectivity index (χ2v) is 7.81. The van der Waals surface area contributed by atoms with E-state index in [1.165, 1.54) is 0 Å². The Morgan fingerprint density at radius 3 is 2.55 bits per heavy atom. The van der Waals surface area contributed by atoms with Crippen LogP contribution in [0.25, 0.3) is 4.85 Å². The number of carbonyl (C=O) groups excluding carboxylic acids is 1. The first-order valence-corrected chi connectivity index (χ1v) is 9.73. The zero-order valence-electron chi connectivity index (χ0n) is 13.2. The van der Waals surface area contributed by atoms with Gasteiger partial charge in [0.1, 0.15) is 0 Å². The minimum absolute atomic E-state index is 0.0424. The summed E-state index contributed by atoms with van der Waals surface area (Å²) in [5.74, 6) is 2.23. The molecule has 0 spiro atoms. The lowest BCUT2D eigenvalue weighted by atomic mass is 10.1. The van der Waals surface area contributed by atoms with E-state index in [0.717, 1.165) is 36.6 Å². The van der Waals surface area contributed by atoms with E-state index in [4.69, 9.17) is 6.57 Å². The van der Waals surface area contributed by atoms with Crippen LogP contribution in [-0.4, -0.2) is 49.5 Å². The van der Waals surface area contributed by atoms with Gasteiger partial charge in [-0.2, -0.15) is 0 Å². The van der Waals surface area contributed by atoms with Crippen molar-refractivity contribution in [1.29, 1.82) is 0 Å². The van der Waals surface area contributed by atoms with Crippen molar-refractivity contribution >= 4 is 33.2 Å². The average molecular weight is 338 g/mol. The molecule has 0 saturated heterocycles. The Balaban J connectivity index is 2.05. The molecule has 1 N–H and O–H groups in total. The van der Waals surface area contributed by atoms with Crippen molar-refractivity contribution in [2.45, 2.75) is 12.8 Å². The van der Waals surface area contributed by atoms with Gasteiger partial charge in [-0.05, 0) is 26.1 Å². The van der Waals surface area contributed by atoms with Crippen molar-refractivity contribution in [2.75, 3.05) is 38.7 Å². The molecular weight excluding hydrogens is 314 g/mol. The van der Waals surface area contributed by atoms with Crippen LogP contribution in [0.5, 0.6) is 0 Å². The van der Waals surface area contributed by atoms with Gasteiger partial charge in [0, 0.05) is 24.6 Å². The first-order chi connectivity index (χ1) is 10.6. The first-order valence-electron chi connectivity index (χ1n) is 7.24. The lowest BCUT2D eigenvalue weighted by Gasteiger charge is -2.08. The van der Waals surface area contributed by atoms with Crippen LogP contribution in [0.3, 0.4) is 0 Å². The van der Waals surface area contributed by atoms with E-state index >= 15 is 0 Å². The van der Waals surface area contributed by atoms with Gasteiger partial charge < -0.3 is 10.2 Å². The average Bonchev–Trinajstić information content (AvgIpc) is 2.50. The van der Waals surface area contributed by atoms with Crippen molar-refractivity contribution in [3.8, 4) is 0 Å². The van der Waals surface area contributed by atoms with Gasteiger partial charge in [0.2, 0.25) is 5.91 Å². The Morgan fingerprint density at radius 1 is 1.23 bits per heavy atom. The maximum atomic E-state index is 11.8. The maximum Gasteiger partial charge on any atom is 0.224 e. The smallest absolute Gasteiger partial charge is 0.224 e. The summed E-state index contributed by atoms with van der Waals surface area (Å²) in [6.07, 6.45) is 1.37. The molecular formula is C16H23N3OS2. The molecule has 120 valence electrons. The van der Waals surface area contributed by atoms with Gasteiger partial charge in [-0.3, -0.25) is 4.79 Å². The number of benzene rings is 1. The Hall–Kier alpha value is -1.16. The summed E-state index contributed by atoms with van der Waals surface area (Å²) in [4.78, 5) is 17.3. The predicted molar refractivity (Wildman–Crippen MR) is 97.5 cm³/mol. The van der Waals surface area contributed by atoms with Crippen molar-refractivity contribution in [3.63, 3.8) is 0 Å². The number of amides is 1. The topological polar surface area (TPSA) is 36.7 Å². The normalized spacial score (nSPS) is 10.5. The van der Waals surface area contributed by atoms with Crippen LogP contribution in [0.15, 0.2) is 24.3 Å². The van der Waals surface area contributed by atoms with Gasteiger partial charge in [0.05, 0.1) is 13.0 Å². The molecule has 0 aliphatic carbocycles. The third-order valence-electron chi connectivity index (χ3n) is 2.86. The van der Waals surface area contributed by atoms with E-state index in [1.807, 2.05) is 33.7 Å². The number of nitrogens with one attached hydrogen (secondary N) is 1. The van der Waals surface area contributed by atoms with E-state index in [9.17, 15) is 4.79 Å². The number of hydrogen-bond donors (Lipinski definition) is 1. The summed E-state index contributed by atoms with van der Waals surface area (Å²) in [6, 6.07) is 7.17. The summed E-state index contributed by atoms with van der Waals surface area (Å²) < 4.78 is 0. The number of rotatable bonds is 10. The van der Waals surface area contributed by atoms with Crippen molar-refractivity contribution in [2.24, 2.45) is 0 Å². The number of nitrogens with zero attached hydrogens (tertiary/aromatic N) is 2. The summed E-state index contributed by atoms with van der Waals surface area (Å²) >= 11 is 0. The summed E-state index contributed by atoms with van der Waals surface area (Å²) in [5.41, 5.74) is 1.55. The lowest BCUT2D eigenvalue weighted by Crippen LogP contribution is -2.26. The van der Waals surface area contributed by atoms with Crippen molar-refractivity contribution in [1.82, 2.24) is 10.2 Å². The molecule has 0 radical (unpaired) electrons. The van der Waals surface area contributed by atoms with Gasteiger partial charge in [-0.1, -0.05) is 45.9 Å². The number of hydrogen-bond acceptors (Lipinski definition) is 4. The molecule has 0 heterocycles. The molecule has 0 aliphatic heterocycles. The van der Waals surface area contributed by atoms with Crippen LogP contribution in [0.1, 0.15) is 12.0 Å². The fourth-order valence-corrected chi connectivity index (χ4v) is 3.85. The molecule has 1 rings (SSSR count). The van der Waals surface area contributed by atoms with Crippen LogP contribution < -0.4 is 5.32 Å². The third kappa shape index (κ3) is 8.98. The van der Waals surface area contributed by atoms with Crippen molar-refractivity contribution < 1.29 is 4.79 Å². The zero-order valence-corrected chi connectivity index (χ0v) is 14.8. The van der Waals surface area contributed by atoms with Crippen LogP contribution in [-0.2, 0) is 11.2 Å². The van der Waals surface area contributed by atoms with Gasteiger partial charge >= 0.3 is 0 Å². The lowest BCUT2D eigenvalue weighted by molar-refractivity contribution is -0.120. The molecule has 6 heteroatoms. The highest BCUT2D eigenvalue weighted by atomic mass is 33.1. The zero-order chi connectivity index (χ0) is 16.2. The van der Waals surface area contributed by atoms with E-state index in [1.54, 1.807) is 12.1 Å². The van der Waals surface area contributed by atoms with Crippen LogP contribution >= 0.6 is 21.6 Å². The minimum Gasteiger partial charge on any atom is -0.356 e. The van der Waals surface area contributed by atoms with Crippen molar-refractivity contribution in [3.05, 3.63) is 41.2 Å². The molecule has 0 aromatic heterocycles. The Morgan fingerprint density at radius 2 is 1.91 bits per heavy atom. The Kier molecular flexibility index (Phi) is 9.80. The predicted octanol–water partition coefficient (Wildman–Crippen LogP) is 3.23. The SMILES string of the molecule is [C-]#[N+]c1ccc(CC(=O)NCCCSSCCN(C)C)cc1. The molecule has 0 aliphatic rings. The van der Waals surface area contributed by atoms with Gasteiger partial charge in [-0.25, -0.2) is 4.85 Å². The highest BCUT2D eigenvalue weighted by molar-refractivity contribution is 8.76. The Bertz CT molecular complexity index is 483. The van der Waals surface area contributed by atoms with E-state index in [2.05, 4.69) is 29.2 Å². The molecule has 1 amide bonds. The quantitative estimate of drug-likeness (QED) is 0.404. The van der Waals surface area contributed by atoms with E-state index in [-0.39, 0.29) is 5.91 Å². The molecule has 22 heavy (non-hydrogen) atoms. The molecule has 0 saturated carbocycles. The first kappa shape index (κ1) is 18.9. The van der Waals surface area contributed by atoms with Gasteiger partial charge in [0.15, 0.2) is 5.69 Å². The third-order valence-corrected chi connectivity index (χ3v) is 5.33. The molecule has 4 nitrogen and oxygen atoms in total. The van der Waals surface area contributed by atoms with E-state index in [0.29, 0.717) is 12.1 Å². The Labute approximate surface area is 141 Å². The molecule has 1 aromatic carbocycles. The summed E-state index contributed by atoms with van der Waals surface area (Å²) in [6.45, 7) is 8.71. The monoisotopic (exact) mass is 337 g/mol. The second kappa shape index (κ2) is 11.4. The van der Waals surface area contributed by atoms with E-state index < -0.39 is 0 Å². The van der Waals surface area contributed by atoms with Crippen LogP contribution in [0.2, 0.25) is 0 Å². The van der Waals surface area contributed by atoms with Crippen LogP contribution in [0, 0.1) is 6.57 Å². The molecule has 0 atom stereocenters.